The van der Waals surface area contributed by atoms with Gasteiger partial charge in [-0.05, 0) is 37.1 Å². The van der Waals surface area contributed by atoms with Crippen molar-refractivity contribution in [2.75, 3.05) is 33.3 Å². The molecule has 2 aromatic rings. The second-order valence-corrected chi connectivity index (χ2v) is 9.01. The molecule has 1 fully saturated rings. The molecule has 1 saturated heterocycles. The standard InChI is InChI=1S/C20H23N3O6S/c1-14-4-5-15(2)19(12-14)30(27,28)22-10-8-21(9-11-22)20(24)17-13-16(23(25)26)6-7-18(17)29-3/h4-7,12-13H,8-11H2,1-3H3. The number of rotatable bonds is 5. The van der Waals surface area contributed by atoms with Gasteiger partial charge in [-0.25, -0.2) is 8.42 Å². The van der Waals surface area contributed by atoms with Gasteiger partial charge in [-0.2, -0.15) is 4.31 Å². The Hall–Kier alpha value is -2.98. The summed E-state index contributed by atoms with van der Waals surface area (Å²) >= 11 is 0. The van der Waals surface area contributed by atoms with E-state index in [4.69, 9.17) is 4.74 Å². The summed E-state index contributed by atoms with van der Waals surface area (Å²) in [6.45, 7) is 4.21. The van der Waals surface area contributed by atoms with E-state index in [2.05, 4.69) is 0 Å². The summed E-state index contributed by atoms with van der Waals surface area (Å²) in [7, 11) is -2.30. The lowest BCUT2D eigenvalue weighted by Crippen LogP contribution is -2.50. The molecule has 0 aromatic heterocycles. The van der Waals surface area contributed by atoms with Crippen LogP contribution in [0.1, 0.15) is 21.5 Å². The maximum Gasteiger partial charge on any atom is 0.270 e. The van der Waals surface area contributed by atoms with E-state index in [9.17, 15) is 23.3 Å². The van der Waals surface area contributed by atoms with Gasteiger partial charge in [0.25, 0.3) is 11.6 Å². The lowest BCUT2D eigenvalue weighted by atomic mass is 10.1. The van der Waals surface area contributed by atoms with Gasteiger partial charge >= 0.3 is 0 Å². The van der Waals surface area contributed by atoms with Crippen molar-refractivity contribution in [1.29, 1.82) is 0 Å². The summed E-state index contributed by atoms with van der Waals surface area (Å²) in [6, 6.07) is 9.11. The second-order valence-electron chi connectivity index (χ2n) is 7.11. The first kappa shape index (κ1) is 21.7. The second kappa shape index (κ2) is 8.41. The van der Waals surface area contributed by atoms with E-state index in [1.165, 1.54) is 34.5 Å². The SMILES string of the molecule is COc1ccc([N+](=O)[O-])cc1C(=O)N1CCN(S(=O)(=O)c2cc(C)ccc2C)CC1. The van der Waals surface area contributed by atoms with Crippen molar-refractivity contribution >= 4 is 21.6 Å². The van der Waals surface area contributed by atoms with Crippen molar-refractivity contribution in [2.45, 2.75) is 18.7 Å². The smallest absolute Gasteiger partial charge is 0.270 e. The molecule has 10 heteroatoms. The highest BCUT2D eigenvalue weighted by Gasteiger charge is 2.32. The Labute approximate surface area is 175 Å². The van der Waals surface area contributed by atoms with Crippen LogP contribution in [-0.2, 0) is 10.0 Å². The number of methoxy groups -OCH3 is 1. The van der Waals surface area contributed by atoms with Crippen molar-refractivity contribution in [3.63, 3.8) is 0 Å². The monoisotopic (exact) mass is 433 g/mol. The van der Waals surface area contributed by atoms with Crippen LogP contribution in [-0.4, -0.2) is 61.7 Å². The van der Waals surface area contributed by atoms with Crippen LogP contribution in [0.5, 0.6) is 5.75 Å². The average molecular weight is 433 g/mol. The Morgan fingerprint density at radius 2 is 1.73 bits per heavy atom. The highest BCUT2D eigenvalue weighted by molar-refractivity contribution is 7.89. The van der Waals surface area contributed by atoms with E-state index >= 15 is 0 Å². The van der Waals surface area contributed by atoms with E-state index in [1.807, 2.05) is 13.0 Å². The Balaban J connectivity index is 1.79. The highest BCUT2D eigenvalue weighted by Crippen LogP contribution is 2.27. The minimum Gasteiger partial charge on any atom is -0.496 e. The van der Waals surface area contributed by atoms with E-state index in [0.29, 0.717) is 5.56 Å². The first-order valence-corrected chi connectivity index (χ1v) is 10.8. The minimum atomic E-state index is -3.68. The molecule has 0 aliphatic carbocycles. The number of non-ortho nitro benzene ring substituents is 1. The molecule has 0 bridgehead atoms. The number of hydrogen-bond donors (Lipinski definition) is 0. The van der Waals surface area contributed by atoms with Gasteiger partial charge in [0.15, 0.2) is 0 Å². The molecule has 0 spiro atoms. The molecule has 0 atom stereocenters. The normalized spacial score (nSPS) is 15.1. The predicted molar refractivity (Wildman–Crippen MR) is 110 cm³/mol. The van der Waals surface area contributed by atoms with Crippen LogP contribution < -0.4 is 4.74 Å². The number of hydrogen-bond acceptors (Lipinski definition) is 6. The number of nitro benzene ring substituents is 1. The quantitative estimate of drug-likeness (QED) is 0.529. The molecule has 0 radical (unpaired) electrons. The lowest BCUT2D eigenvalue weighted by Gasteiger charge is -2.34. The van der Waals surface area contributed by atoms with Gasteiger partial charge in [0.05, 0.1) is 22.5 Å². The van der Waals surface area contributed by atoms with Crippen LogP contribution in [0.25, 0.3) is 0 Å². The number of aryl methyl sites for hydroxylation is 2. The Bertz CT molecular complexity index is 1090. The molecule has 0 N–H and O–H groups in total. The number of sulfonamides is 1. The number of ether oxygens (including phenoxy) is 1. The fourth-order valence-electron chi connectivity index (χ4n) is 3.40. The number of benzene rings is 2. The van der Waals surface area contributed by atoms with E-state index < -0.39 is 20.9 Å². The lowest BCUT2D eigenvalue weighted by molar-refractivity contribution is -0.384. The van der Waals surface area contributed by atoms with Crippen LogP contribution >= 0.6 is 0 Å². The third kappa shape index (κ3) is 4.14. The Morgan fingerprint density at radius 3 is 2.33 bits per heavy atom. The number of amides is 1. The van der Waals surface area contributed by atoms with Crippen LogP contribution in [0, 0.1) is 24.0 Å². The summed E-state index contributed by atoms with van der Waals surface area (Å²) < 4.78 is 32.6. The highest BCUT2D eigenvalue weighted by atomic mass is 32.2. The third-order valence-corrected chi connectivity index (χ3v) is 7.15. The molecular weight excluding hydrogens is 410 g/mol. The molecule has 2 aromatic carbocycles. The van der Waals surface area contributed by atoms with Crippen molar-refractivity contribution < 1.29 is 22.9 Å². The first-order chi connectivity index (χ1) is 14.1. The zero-order valence-electron chi connectivity index (χ0n) is 17.0. The summed E-state index contributed by atoms with van der Waals surface area (Å²) in [5, 5.41) is 11.1. The Kier molecular flexibility index (Phi) is 6.09. The maximum absolute atomic E-state index is 13.1. The number of nitro groups is 1. The number of carbonyl (C=O) groups excluding carboxylic acids is 1. The van der Waals surface area contributed by atoms with E-state index in [-0.39, 0.29) is 48.1 Å². The molecule has 1 aliphatic heterocycles. The largest absolute Gasteiger partial charge is 0.496 e. The molecule has 1 heterocycles. The first-order valence-electron chi connectivity index (χ1n) is 9.34. The third-order valence-electron chi connectivity index (χ3n) is 5.11. The average Bonchev–Trinajstić information content (AvgIpc) is 2.74. The van der Waals surface area contributed by atoms with Gasteiger partial charge in [-0.1, -0.05) is 12.1 Å². The van der Waals surface area contributed by atoms with Gasteiger partial charge < -0.3 is 9.64 Å². The fourth-order valence-corrected chi connectivity index (χ4v) is 5.13. The van der Waals surface area contributed by atoms with Gasteiger partial charge in [-0.15, -0.1) is 0 Å². The zero-order valence-corrected chi connectivity index (χ0v) is 17.8. The fraction of sp³-hybridized carbons (Fsp3) is 0.350. The molecular formula is C20H23N3O6S. The molecule has 3 rings (SSSR count). The van der Waals surface area contributed by atoms with Gasteiger partial charge in [0.2, 0.25) is 10.0 Å². The van der Waals surface area contributed by atoms with Gasteiger partial charge in [-0.3, -0.25) is 14.9 Å². The van der Waals surface area contributed by atoms with Crippen molar-refractivity contribution in [1.82, 2.24) is 9.21 Å². The number of piperazine rings is 1. The van der Waals surface area contributed by atoms with Crippen LogP contribution in [0.2, 0.25) is 0 Å². The van der Waals surface area contributed by atoms with Crippen molar-refractivity contribution in [3.05, 3.63) is 63.2 Å². The maximum atomic E-state index is 13.1. The van der Waals surface area contributed by atoms with Crippen LogP contribution in [0.4, 0.5) is 5.69 Å². The molecule has 1 aliphatic rings. The van der Waals surface area contributed by atoms with Gasteiger partial charge in [0, 0.05) is 38.3 Å². The summed E-state index contributed by atoms with van der Waals surface area (Å²) in [4.78, 5) is 25.2. The molecule has 0 unspecified atom stereocenters. The summed E-state index contributed by atoms with van der Waals surface area (Å²) in [6.07, 6.45) is 0. The van der Waals surface area contributed by atoms with E-state index in [0.717, 1.165) is 5.56 Å². The minimum absolute atomic E-state index is 0.0811. The predicted octanol–water partition coefficient (Wildman–Crippen LogP) is 2.37. The molecule has 0 saturated carbocycles. The van der Waals surface area contributed by atoms with Crippen molar-refractivity contribution in [2.24, 2.45) is 0 Å². The van der Waals surface area contributed by atoms with Crippen LogP contribution in [0.15, 0.2) is 41.3 Å². The van der Waals surface area contributed by atoms with Gasteiger partial charge in [0.1, 0.15) is 5.75 Å². The molecule has 30 heavy (non-hydrogen) atoms. The number of carbonyl (C=O) groups is 1. The Morgan fingerprint density at radius 1 is 1.07 bits per heavy atom. The van der Waals surface area contributed by atoms with Crippen molar-refractivity contribution in [3.8, 4) is 5.75 Å². The van der Waals surface area contributed by atoms with E-state index in [1.54, 1.807) is 19.1 Å². The number of nitrogens with zero attached hydrogens (tertiary/aromatic N) is 3. The molecule has 1 amide bonds. The summed E-state index contributed by atoms with van der Waals surface area (Å²) in [5.41, 5.74) is 1.39. The molecule has 160 valence electrons. The topological polar surface area (TPSA) is 110 Å². The zero-order chi connectivity index (χ0) is 22.1. The van der Waals surface area contributed by atoms with Crippen LogP contribution in [0.3, 0.4) is 0 Å². The summed E-state index contributed by atoms with van der Waals surface area (Å²) in [5.74, 6) is -0.199. The molecule has 9 nitrogen and oxygen atoms in total.